The van der Waals surface area contributed by atoms with Crippen LogP contribution in [0.5, 0.6) is 0 Å². The van der Waals surface area contributed by atoms with E-state index in [0.29, 0.717) is 22.3 Å². The molecule has 4 rings (SSSR count). The standard InChI is InChI=1S/C26H25FN4O3/c1-26(2,3)30-23(32)16-34-25(33)20-13-22(18-9-5-4-6-10-18)29-24-21(20)14-28-31(24)15-17-8-7-11-19(27)12-17/h4-14H,15-16H2,1-3H3,(H,30,32). The van der Waals surface area contributed by atoms with Crippen molar-refractivity contribution in [1.82, 2.24) is 20.1 Å². The third-order valence-corrected chi connectivity index (χ3v) is 4.97. The number of amides is 1. The van der Waals surface area contributed by atoms with Crippen LogP contribution in [0.2, 0.25) is 0 Å². The summed E-state index contributed by atoms with van der Waals surface area (Å²) in [7, 11) is 0. The maximum Gasteiger partial charge on any atom is 0.339 e. The number of halogens is 1. The second kappa shape index (κ2) is 9.43. The molecule has 0 atom stereocenters. The normalized spacial score (nSPS) is 11.4. The van der Waals surface area contributed by atoms with Gasteiger partial charge in [0.15, 0.2) is 12.3 Å². The molecule has 0 aliphatic rings. The van der Waals surface area contributed by atoms with Crippen molar-refractivity contribution in [3.63, 3.8) is 0 Å². The minimum atomic E-state index is -0.654. The lowest BCUT2D eigenvalue weighted by Crippen LogP contribution is -2.42. The summed E-state index contributed by atoms with van der Waals surface area (Å²) in [5.41, 5.74) is 2.34. The Morgan fingerprint density at radius 3 is 2.53 bits per heavy atom. The number of nitrogens with one attached hydrogen (secondary N) is 1. The molecule has 7 nitrogen and oxygen atoms in total. The molecule has 1 amide bonds. The first kappa shape index (κ1) is 23.1. The fourth-order valence-electron chi connectivity index (χ4n) is 3.56. The Labute approximate surface area is 196 Å². The summed E-state index contributed by atoms with van der Waals surface area (Å²) in [6, 6.07) is 17.3. The third-order valence-electron chi connectivity index (χ3n) is 4.97. The van der Waals surface area contributed by atoms with Gasteiger partial charge in [-0.15, -0.1) is 0 Å². The SMILES string of the molecule is CC(C)(C)NC(=O)COC(=O)c1cc(-c2ccccc2)nc2c1cnn2Cc1cccc(F)c1. The van der Waals surface area contributed by atoms with Crippen molar-refractivity contribution in [3.8, 4) is 11.3 Å². The number of hydrogen-bond acceptors (Lipinski definition) is 5. The second-order valence-electron chi connectivity index (χ2n) is 8.96. The highest BCUT2D eigenvalue weighted by atomic mass is 19.1. The van der Waals surface area contributed by atoms with E-state index in [1.165, 1.54) is 18.3 Å². The number of fused-ring (bicyclic) bond motifs is 1. The Bertz CT molecular complexity index is 1340. The average molecular weight is 461 g/mol. The van der Waals surface area contributed by atoms with Gasteiger partial charge in [-0.3, -0.25) is 4.79 Å². The molecule has 174 valence electrons. The van der Waals surface area contributed by atoms with Crippen LogP contribution < -0.4 is 5.32 Å². The van der Waals surface area contributed by atoms with Crippen LogP contribution in [0.4, 0.5) is 4.39 Å². The molecule has 0 spiro atoms. The summed E-state index contributed by atoms with van der Waals surface area (Å²) in [6.07, 6.45) is 1.53. The molecular formula is C26H25FN4O3. The van der Waals surface area contributed by atoms with Crippen molar-refractivity contribution in [1.29, 1.82) is 0 Å². The van der Waals surface area contributed by atoms with Crippen LogP contribution in [0.3, 0.4) is 0 Å². The highest BCUT2D eigenvalue weighted by molar-refractivity contribution is 6.04. The van der Waals surface area contributed by atoms with Crippen LogP contribution in [0.15, 0.2) is 66.9 Å². The van der Waals surface area contributed by atoms with E-state index in [2.05, 4.69) is 10.4 Å². The molecule has 2 aromatic heterocycles. The largest absolute Gasteiger partial charge is 0.452 e. The third kappa shape index (κ3) is 5.46. The lowest BCUT2D eigenvalue weighted by atomic mass is 10.1. The molecule has 0 bridgehead atoms. The number of pyridine rings is 1. The fraction of sp³-hybridized carbons (Fsp3) is 0.231. The van der Waals surface area contributed by atoms with Crippen LogP contribution in [-0.4, -0.2) is 38.8 Å². The zero-order valence-corrected chi connectivity index (χ0v) is 19.2. The molecule has 0 saturated carbocycles. The Balaban J connectivity index is 1.71. The van der Waals surface area contributed by atoms with Gasteiger partial charge >= 0.3 is 5.97 Å². The summed E-state index contributed by atoms with van der Waals surface area (Å²) >= 11 is 0. The Kier molecular flexibility index (Phi) is 6.40. The molecule has 0 unspecified atom stereocenters. The summed E-state index contributed by atoms with van der Waals surface area (Å²) < 4.78 is 20.6. The number of carbonyl (C=O) groups is 2. The molecule has 2 heterocycles. The number of hydrogen-bond donors (Lipinski definition) is 1. The van der Waals surface area contributed by atoms with Gasteiger partial charge in [0.25, 0.3) is 5.91 Å². The fourth-order valence-corrected chi connectivity index (χ4v) is 3.56. The van der Waals surface area contributed by atoms with Crippen LogP contribution >= 0.6 is 0 Å². The molecular weight excluding hydrogens is 435 g/mol. The number of carbonyl (C=O) groups excluding carboxylic acids is 2. The molecule has 2 aromatic carbocycles. The number of ether oxygens (including phenoxy) is 1. The zero-order valence-electron chi connectivity index (χ0n) is 19.2. The van der Waals surface area contributed by atoms with E-state index < -0.39 is 24.0 Å². The molecule has 34 heavy (non-hydrogen) atoms. The molecule has 0 aliphatic heterocycles. The molecule has 4 aromatic rings. The first-order valence-corrected chi connectivity index (χ1v) is 10.8. The van der Waals surface area contributed by atoms with Crippen molar-refractivity contribution >= 4 is 22.9 Å². The number of benzene rings is 2. The van der Waals surface area contributed by atoms with Crippen LogP contribution in [0.25, 0.3) is 22.3 Å². The van der Waals surface area contributed by atoms with Crippen molar-refractivity contribution in [2.75, 3.05) is 6.61 Å². The van der Waals surface area contributed by atoms with Gasteiger partial charge in [0.2, 0.25) is 0 Å². The van der Waals surface area contributed by atoms with Crippen LogP contribution in [0.1, 0.15) is 36.7 Å². The first-order chi connectivity index (χ1) is 16.2. The Morgan fingerprint density at radius 2 is 1.82 bits per heavy atom. The van der Waals surface area contributed by atoms with Gasteiger partial charge in [0.05, 0.1) is 29.4 Å². The van der Waals surface area contributed by atoms with Gasteiger partial charge in [0.1, 0.15) is 5.82 Å². The summed E-state index contributed by atoms with van der Waals surface area (Å²) in [6.45, 7) is 5.40. The highest BCUT2D eigenvalue weighted by Gasteiger charge is 2.21. The van der Waals surface area contributed by atoms with E-state index >= 15 is 0 Å². The average Bonchev–Trinajstić information content (AvgIpc) is 3.19. The topological polar surface area (TPSA) is 86.1 Å². The number of nitrogens with zero attached hydrogens (tertiary/aromatic N) is 3. The van der Waals surface area contributed by atoms with E-state index in [9.17, 15) is 14.0 Å². The zero-order chi connectivity index (χ0) is 24.3. The molecule has 0 fully saturated rings. The van der Waals surface area contributed by atoms with Crippen LogP contribution in [-0.2, 0) is 16.1 Å². The smallest absolute Gasteiger partial charge is 0.339 e. The second-order valence-corrected chi connectivity index (χ2v) is 8.96. The minimum absolute atomic E-state index is 0.248. The number of aromatic nitrogens is 3. The molecule has 0 radical (unpaired) electrons. The number of rotatable bonds is 6. The summed E-state index contributed by atoms with van der Waals surface area (Å²) in [5, 5.41) is 7.63. The highest BCUT2D eigenvalue weighted by Crippen LogP contribution is 2.26. The molecule has 1 N–H and O–H groups in total. The van der Waals surface area contributed by atoms with Crippen molar-refractivity contribution in [2.24, 2.45) is 0 Å². The van der Waals surface area contributed by atoms with Gasteiger partial charge in [0, 0.05) is 11.1 Å². The van der Waals surface area contributed by atoms with Gasteiger partial charge in [-0.05, 0) is 44.5 Å². The molecule has 8 heteroatoms. The van der Waals surface area contributed by atoms with E-state index in [1.807, 2.05) is 51.1 Å². The van der Waals surface area contributed by atoms with E-state index in [4.69, 9.17) is 9.72 Å². The van der Waals surface area contributed by atoms with Crippen molar-refractivity contribution in [2.45, 2.75) is 32.9 Å². The van der Waals surface area contributed by atoms with Crippen molar-refractivity contribution in [3.05, 3.63) is 83.8 Å². The monoisotopic (exact) mass is 460 g/mol. The molecule has 0 aliphatic carbocycles. The maximum atomic E-state index is 13.7. The Hall–Kier alpha value is -4.07. The van der Waals surface area contributed by atoms with Gasteiger partial charge in [-0.25, -0.2) is 18.9 Å². The van der Waals surface area contributed by atoms with E-state index in [-0.39, 0.29) is 17.9 Å². The lowest BCUT2D eigenvalue weighted by Gasteiger charge is -2.20. The molecule has 0 saturated heterocycles. The quantitative estimate of drug-likeness (QED) is 0.432. The van der Waals surface area contributed by atoms with Gasteiger partial charge in [-0.1, -0.05) is 42.5 Å². The van der Waals surface area contributed by atoms with E-state index in [0.717, 1.165) is 5.56 Å². The maximum absolute atomic E-state index is 13.7. The Morgan fingerprint density at radius 1 is 1.06 bits per heavy atom. The number of esters is 1. The summed E-state index contributed by atoms with van der Waals surface area (Å²) in [5.74, 6) is -1.39. The van der Waals surface area contributed by atoms with Crippen molar-refractivity contribution < 1.29 is 18.7 Å². The lowest BCUT2D eigenvalue weighted by molar-refractivity contribution is -0.125. The van der Waals surface area contributed by atoms with E-state index in [1.54, 1.807) is 22.9 Å². The summed E-state index contributed by atoms with van der Waals surface area (Å²) in [4.78, 5) is 29.9. The first-order valence-electron chi connectivity index (χ1n) is 10.8. The predicted molar refractivity (Wildman–Crippen MR) is 127 cm³/mol. The van der Waals surface area contributed by atoms with Gasteiger partial charge in [-0.2, -0.15) is 5.10 Å². The van der Waals surface area contributed by atoms with Gasteiger partial charge < -0.3 is 10.1 Å². The minimum Gasteiger partial charge on any atom is -0.452 e. The predicted octanol–water partition coefficient (Wildman–Crippen LogP) is 4.36. The van der Waals surface area contributed by atoms with Crippen LogP contribution in [0, 0.1) is 5.82 Å².